The largest absolute Gasteiger partial charge is 0.383 e. The lowest BCUT2D eigenvalue weighted by Gasteiger charge is -2.10. The molecule has 7 nitrogen and oxygen atoms in total. The van der Waals surface area contributed by atoms with Gasteiger partial charge < -0.3 is 19.9 Å². The fourth-order valence-corrected chi connectivity index (χ4v) is 1.28. The highest BCUT2D eigenvalue weighted by molar-refractivity contribution is 5.73. The van der Waals surface area contributed by atoms with Crippen LogP contribution in [-0.4, -0.2) is 43.0 Å². The molecule has 2 amide bonds. The number of hydrogen-bond donors (Lipinski definition) is 2. The molecule has 0 aliphatic heterocycles. The number of urea groups is 1. The molecule has 0 saturated carbocycles. The van der Waals surface area contributed by atoms with E-state index in [2.05, 4.69) is 20.8 Å². The third-order valence-electron chi connectivity index (χ3n) is 2.34. The van der Waals surface area contributed by atoms with Crippen molar-refractivity contribution in [3.8, 4) is 0 Å². The van der Waals surface area contributed by atoms with Gasteiger partial charge in [0.2, 0.25) is 5.89 Å². The maximum absolute atomic E-state index is 11.3. The lowest BCUT2D eigenvalue weighted by atomic mass is 9.97. The Hall–Kier alpha value is -1.63. The van der Waals surface area contributed by atoms with E-state index in [1.165, 1.54) is 0 Å². The van der Waals surface area contributed by atoms with Crippen LogP contribution in [0.5, 0.6) is 0 Å². The lowest BCUT2D eigenvalue weighted by molar-refractivity contribution is 0.196. The minimum atomic E-state index is -0.225. The predicted octanol–water partition coefficient (Wildman–Crippen LogP) is 0.855. The van der Waals surface area contributed by atoms with Gasteiger partial charge in [0, 0.05) is 32.0 Å². The molecular weight excluding hydrogens is 248 g/mol. The van der Waals surface area contributed by atoms with E-state index in [0.29, 0.717) is 37.8 Å². The molecule has 108 valence electrons. The summed E-state index contributed by atoms with van der Waals surface area (Å²) in [5, 5.41) is 9.25. The Morgan fingerprint density at radius 1 is 1.32 bits per heavy atom. The average Bonchev–Trinajstić information content (AvgIpc) is 2.78. The first kappa shape index (κ1) is 15.4. The van der Waals surface area contributed by atoms with E-state index in [1.54, 1.807) is 7.11 Å². The second kappa shape index (κ2) is 7.08. The summed E-state index contributed by atoms with van der Waals surface area (Å²) in [5.74, 6) is 1.20. The number of carbonyl (C=O) groups is 1. The summed E-state index contributed by atoms with van der Waals surface area (Å²) in [4.78, 5) is 15.6. The van der Waals surface area contributed by atoms with Gasteiger partial charge in [-0.25, -0.2) is 4.79 Å². The van der Waals surface area contributed by atoms with Crippen molar-refractivity contribution in [3.63, 3.8) is 0 Å². The van der Waals surface area contributed by atoms with Gasteiger partial charge in [0.25, 0.3) is 0 Å². The van der Waals surface area contributed by atoms with E-state index in [4.69, 9.17) is 9.26 Å². The second-order valence-corrected chi connectivity index (χ2v) is 5.19. The zero-order valence-electron chi connectivity index (χ0n) is 11.9. The van der Waals surface area contributed by atoms with Gasteiger partial charge in [-0.3, -0.25) is 0 Å². The van der Waals surface area contributed by atoms with E-state index in [1.807, 2.05) is 20.8 Å². The molecule has 0 bridgehead atoms. The van der Waals surface area contributed by atoms with E-state index in [9.17, 15) is 4.79 Å². The maximum Gasteiger partial charge on any atom is 0.314 e. The van der Waals surface area contributed by atoms with Crippen LogP contribution in [-0.2, 0) is 16.6 Å². The highest BCUT2D eigenvalue weighted by Crippen LogP contribution is 2.19. The SMILES string of the molecule is COCCNC(=O)NCCc1noc(C(C)(C)C)n1. The topological polar surface area (TPSA) is 89.3 Å². The normalized spacial score (nSPS) is 11.4. The molecule has 0 radical (unpaired) electrons. The van der Waals surface area contributed by atoms with Gasteiger partial charge in [0.1, 0.15) is 0 Å². The predicted molar refractivity (Wildman–Crippen MR) is 70.0 cm³/mol. The first-order chi connectivity index (χ1) is 8.93. The summed E-state index contributed by atoms with van der Waals surface area (Å²) >= 11 is 0. The molecule has 2 N–H and O–H groups in total. The molecule has 0 aliphatic rings. The number of hydrogen-bond acceptors (Lipinski definition) is 5. The Kier molecular flexibility index (Phi) is 5.75. The molecule has 0 aromatic carbocycles. The van der Waals surface area contributed by atoms with Crippen LogP contribution >= 0.6 is 0 Å². The van der Waals surface area contributed by atoms with Crippen molar-refractivity contribution in [1.29, 1.82) is 0 Å². The van der Waals surface area contributed by atoms with E-state index < -0.39 is 0 Å². The smallest absolute Gasteiger partial charge is 0.314 e. The molecule has 1 aromatic rings. The van der Waals surface area contributed by atoms with Crippen LogP contribution in [0.2, 0.25) is 0 Å². The molecule has 1 heterocycles. The van der Waals surface area contributed by atoms with Gasteiger partial charge in [-0.05, 0) is 0 Å². The highest BCUT2D eigenvalue weighted by Gasteiger charge is 2.21. The Labute approximate surface area is 113 Å². The number of carbonyl (C=O) groups excluding carboxylic acids is 1. The van der Waals surface area contributed by atoms with Crippen LogP contribution in [0.4, 0.5) is 4.79 Å². The minimum Gasteiger partial charge on any atom is -0.383 e. The van der Waals surface area contributed by atoms with E-state index in [-0.39, 0.29) is 11.4 Å². The van der Waals surface area contributed by atoms with E-state index in [0.717, 1.165) is 0 Å². The number of aromatic nitrogens is 2. The molecule has 0 atom stereocenters. The number of nitrogens with one attached hydrogen (secondary N) is 2. The van der Waals surface area contributed by atoms with Crippen molar-refractivity contribution in [2.24, 2.45) is 0 Å². The molecular formula is C12H22N4O3. The zero-order valence-corrected chi connectivity index (χ0v) is 11.9. The molecule has 19 heavy (non-hydrogen) atoms. The Morgan fingerprint density at radius 2 is 2.00 bits per heavy atom. The van der Waals surface area contributed by atoms with Crippen LogP contribution in [0.3, 0.4) is 0 Å². The summed E-state index contributed by atoms with van der Waals surface area (Å²) in [7, 11) is 1.59. The fourth-order valence-electron chi connectivity index (χ4n) is 1.28. The summed E-state index contributed by atoms with van der Waals surface area (Å²) in [6.45, 7) is 7.46. The average molecular weight is 270 g/mol. The van der Waals surface area contributed by atoms with Crippen molar-refractivity contribution >= 4 is 6.03 Å². The first-order valence-corrected chi connectivity index (χ1v) is 6.27. The second-order valence-electron chi connectivity index (χ2n) is 5.19. The van der Waals surface area contributed by atoms with Crippen molar-refractivity contribution in [1.82, 2.24) is 20.8 Å². The van der Waals surface area contributed by atoms with Crippen molar-refractivity contribution in [2.45, 2.75) is 32.6 Å². The summed E-state index contributed by atoms with van der Waals surface area (Å²) < 4.78 is 9.99. The third-order valence-corrected chi connectivity index (χ3v) is 2.34. The highest BCUT2D eigenvalue weighted by atomic mass is 16.5. The Balaban J connectivity index is 2.26. The summed E-state index contributed by atoms with van der Waals surface area (Å²) in [5.41, 5.74) is -0.157. The molecule has 0 saturated heterocycles. The molecule has 0 unspecified atom stereocenters. The van der Waals surface area contributed by atoms with Crippen LogP contribution in [0, 0.1) is 0 Å². The quantitative estimate of drug-likeness (QED) is 0.748. The van der Waals surface area contributed by atoms with Gasteiger partial charge in [-0.1, -0.05) is 25.9 Å². The Bertz CT molecular complexity index is 398. The summed E-state index contributed by atoms with van der Waals surface area (Å²) in [6, 6.07) is -0.225. The van der Waals surface area contributed by atoms with Crippen LogP contribution in [0.1, 0.15) is 32.5 Å². The van der Waals surface area contributed by atoms with Crippen molar-refractivity contribution in [3.05, 3.63) is 11.7 Å². The van der Waals surface area contributed by atoms with Gasteiger partial charge >= 0.3 is 6.03 Å². The van der Waals surface area contributed by atoms with Crippen molar-refractivity contribution < 1.29 is 14.1 Å². The van der Waals surface area contributed by atoms with Crippen LogP contribution in [0.15, 0.2) is 4.52 Å². The first-order valence-electron chi connectivity index (χ1n) is 6.27. The number of rotatable bonds is 6. The molecule has 7 heteroatoms. The van der Waals surface area contributed by atoms with Crippen molar-refractivity contribution in [2.75, 3.05) is 26.8 Å². The van der Waals surface area contributed by atoms with Crippen LogP contribution < -0.4 is 10.6 Å². The number of nitrogens with zero attached hydrogens (tertiary/aromatic N) is 2. The molecule has 1 aromatic heterocycles. The van der Waals surface area contributed by atoms with E-state index >= 15 is 0 Å². The molecule has 0 aliphatic carbocycles. The standard InChI is InChI=1S/C12H22N4O3/c1-12(2,3)10-15-9(16-19-10)5-6-13-11(17)14-7-8-18-4/h5-8H2,1-4H3,(H2,13,14,17). The van der Waals surface area contributed by atoms with Crippen LogP contribution in [0.25, 0.3) is 0 Å². The summed E-state index contributed by atoms with van der Waals surface area (Å²) in [6.07, 6.45) is 0.539. The fraction of sp³-hybridized carbons (Fsp3) is 0.750. The van der Waals surface area contributed by atoms with Gasteiger partial charge in [0.15, 0.2) is 5.82 Å². The Morgan fingerprint density at radius 3 is 2.58 bits per heavy atom. The molecule has 1 rings (SSSR count). The maximum atomic E-state index is 11.3. The number of amides is 2. The zero-order chi connectivity index (χ0) is 14.3. The number of ether oxygens (including phenoxy) is 1. The number of methoxy groups -OCH3 is 1. The molecule has 0 fully saturated rings. The van der Waals surface area contributed by atoms with Gasteiger partial charge in [-0.2, -0.15) is 4.98 Å². The van der Waals surface area contributed by atoms with Gasteiger partial charge in [0.05, 0.1) is 6.61 Å². The van der Waals surface area contributed by atoms with Gasteiger partial charge in [-0.15, -0.1) is 0 Å². The monoisotopic (exact) mass is 270 g/mol. The third kappa shape index (κ3) is 5.69. The molecule has 0 spiro atoms. The minimum absolute atomic E-state index is 0.157. The lowest BCUT2D eigenvalue weighted by Crippen LogP contribution is -2.38.